The molecule has 186 valence electrons. The van der Waals surface area contributed by atoms with Crippen LogP contribution < -0.4 is 25.4 Å². The highest BCUT2D eigenvalue weighted by Gasteiger charge is 2.44. The largest absolute Gasteiger partial charge is 0.488 e. The van der Waals surface area contributed by atoms with Gasteiger partial charge in [-0.05, 0) is 52.4 Å². The number of nitrogen functional groups attached to an aromatic ring is 1. The van der Waals surface area contributed by atoms with Gasteiger partial charge in [0.05, 0.1) is 24.3 Å². The number of ether oxygens (including phenoxy) is 2. The molecule has 0 spiro atoms. The van der Waals surface area contributed by atoms with E-state index in [-0.39, 0.29) is 18.4 Å². The van der Waals surface area contributed by atoms with Crippen LogP contribution in [0.15, 0.2) is 12.5 Å². The molecule has 1 saturated heterocycles. The molecule has 35 heavy (non-hydrogen) atoms. The summed E-state index contributed by atoms with van der Waals surface area (Å²) >= 11 is 0. The smallest absolute Gasteiger partial charge is 0.322 e. The monoisotopic (exact) mass is 481 g/mol. The van der Waals surface area contributed by atoms with Gasteiger partial charge < -0.3 is 25.4 Å². The van der Waals surface area contributed by atoms with Crippen LogP contribution in [0.3, 0.4) is 0 Å². The molecule has 12 heteroatoms. The molecule has 12 nitrogen and oxygen atoms in total. The average molecular weight is 482 g/mol. The summed E-state index contributed by atoms with van der Waals surface area (Å²) in [5.41, 5.74) is 4.89. The molecule has 2 aromatic heterocycles. The number of hydrogen-bond donors (Lipinski definition) is 2. The molecule has 4 rings (SSSR count). The Hall–Kier alpha value is -3.75. The number of carbonyl (C=O) groups excluding carboxylic acids is 1. The van der Waals surface area contributed by atoms with E-state index >= 15 is 0 Å². The molecule has 3 N–H and O–H groups in total. The van der Waals surface area contributed by atoms with Crippen LogP contribution in [-0.2, 0) is 0 Å². The normalized spacial score (nSPS) is 17.4. The summed E-state index contributed by atoms with van der Waals surface area (Å²) < 4.78 is 11.6. The fourth-order valence-electron chi connectivity index (χ4n) is 3.64. The predicted octanol–water partition coefficient (Wildman–Crippen LogP) is 1.75. The van der Waals surface area contributed by atoms with Gasteiger partial charge in [-0.2, -0.15) is 20.2 Å². The third-order valence-electron chi connectivity index (χ3n) is 5.94. The number of nitrogens with two attached hydrogens (primary N) is 1. The molecule has 3 heterocycles. The highest BCUT2D eigenvalue weighted by Crippen LogP contribution is 2.44. The number of rotatable bonds is 8. The van der Waals surface area contributed by atoms with Crippen molar-refractivity contribution in [2.75, 3.05) is 36.9 Å². The Labute approximate surface area is 204 Å². The van der Waals surface area contributed by atoms with Crippen molar-refractivity contribution >= 4 is 17.7 Å². The third kappa shape index (κ3) is 6.44. The summed E-state index contributed by atoms with van der Waals surface area (Å²) in [6.07, 6.45) is 6.21. The zero-order valence-corrected chi connectivity index (χ0v) is 20.3. The summed E-state index contributed by atoms with van der Waals surface area (Å²) in [6.45, 7) is 7.72. The first-order valence-corrected chi connectivity index (χ1v) is 11.7. The number of nitrogens with one attached hydrogen (secondary N) is 1. The van der Waals surface area contributed by atoms with Crippen LogP contribution >= 0.6 is 0 Å². The van der Waals surface area contributed by atoms with Gasteiger partial charge in [-0.15, -0.1) is 0 Å². The van der Waals surface area contributed by atoms with Gasteiger partial charge in [-0.3, -0.25) is 4.79 Å². The van der Waals surface area contributed by atoms with Gasteiger partial charge in [0.25, 0.3) is 5.91 Å². The highest BCUT2D eigenvalue weighted by molar-refractivity contribution is 5.91. The Kier molecular flexibility index (Phi) is 6.86. The van der Waals surface area contributed by atoms with Gasteiger partial charge in [0.15, 0.2) is 11.6 Å². The van der Waals surface area contributed by atoms with Crippen LogP contribution in [0.4, 0.5) is 11.8 Å². The van der Waals surface area contributed by atoms with Crippen molar-refractivity contribution in [3.63, 3.8) is 0 Å². The Morgan fingerprint density at radius 3 is 2.63 bits per heavy atom. The SMILES string of the molecule is CC(C)(C)NC(=O)c1nc(OCC2(C#N)CC2)nc(N2CCC(COc3cncnc3N)CC2)n1. The molecular weight excluding hydrogens is 450 g/mol. The van der Waals surface area contributed by atoms with E-state index in [1.807, 2.05) is 25.7 Å². The van der Waals surface area contributed by atoms with E-state index in [0.717, 1.165) is 25.7 Å². The second-order valence-corrected chi connectivity index (χ2v) is 10.1. The maximum absolute atomic E-state index is 12.8. The summed E-state index contributed by atoms with van der Waals surface area (Å²) in [7, 11) is 0. The number of aromatic nitrogens is 5. The molecule has 1 amide bonds. The van der Waals surface area contributed by atoms with Crippen LogP contribution in [0.1, 0.15) is 57.1 Å². The van der Waals surface area contributed by atoms with Gasteiger partial charge >= 0.3 is 6.01 Å². The van der Waals surface area contributed by atoms with Gasteiger partial charge in [0.1, 0.15) is 12.9 Å². The summed E-state index contributed by atoms with van der Waals surface area (Å²) in [5, 5.41) is 12.2. The Morgan fingerprint density at radius 1 is 1.26 bits per heavy atom. The second kappa shape index (κ2) is 9.85. The van der Waals surface area contributed by atoms with E-state index in [1.165, 1.54) is 6.33 Å². The van der Waals surface area contributed by atoms with Gasteiger partial charge in [0, 0.05) is 18.6 Å². The molecule has 0 radical (unpaired) electrons. The molecule has 0 bridgehead atoms. The van der Waals surface area contributed by atoms with Crippen molar-refractivity contribution in [2.45, 2.75) is 52.0 Å². The van der Waals surface area contributed by atoms with Crippen molar-refractivity contribution in [3.8, 4) is 17.8 Å². The number of piperidine rings is 1. The lowest BCUT2D eigenvalue weighted by atomic mass is 9.98. The first kappa shape index (κ1) is 24.4. The molecule has 1 aliphatic carbocycles. The Balaban J connectivity index is 1.43. The maximum Gasteiger partial charge on any atom is 0.322 e. The van der Waals surface area contributed by atoms with Gasteiger partial charge in [-0.25, -0.2) is 9.97 Å². The maximum atomic E-state index is 12.8. The standard InChI is InChI=1S/C23H31N9O3/c1-22(2,3)31-19(33)18-28-20(30-21(29-18)35-13-23(12-24)6-7-23)32-8-4-15(5-9-32)11-34-16-10-26-14-27-17(16)25/h10,14-15H,4-9,11,13H2,1-3H3,(H,31,33)(H2,25,26,27). The molecule has 0 aromatic carbocycles. The lowest BCUT2D eigenvalue weighted by molar-refractivity contribution is 0.0906. The van der Waals surface area contributed by atoms with Crippen LogP contribution in [-0.4, -0.2) is 62.7 Å². The van der Waals surface area contributed by atoms with Crippen molar-refractivity contribution in [1.82, 2.24) is 30.2 Å². The van der Waals surface area contributed by atoms with Crippen LogP contribution in [0.25, 0.3) is 0 Å². The first-order valence-electron chi connectivity index (χ1n) is 11.7. The zero-order chi connectivity index (χ0) is 25.1. The molecule has 1 saturated carbocycles. The van der Waals surface area contributed by atoms with Gasteiger partial charge in [0.2, 0.25) is 11.8 Å². The van der Waals surface area contributed by atoms with Crippen molar-refractivity contribution < 1.29 is 14.3 Å². The summed E-state index contributed by atoms with van der Waals surface area (Å²) in [4.78, 5) is 35.8. The fourth-order valence-corrected chi connectivity index (χ4v) is 3.64. The number of nitriles is 1. The highest BCUT2D eigenvalue weighted by atomic mass is 16.5. The number of hydrogen-bond acceptors (Lipinski definition) is 11. The van der Waals surface area contributed by atoms with E-state index in [9.17, 15) is 10.1 Å². The van der Waals surface area contributed by atoms with E-state index < -0.39 is 16.9 Å². The Morgan fingerprint density at radius 2 is 2.00 bits per heavy atom. The molecule has 0 unspecified atom stereocenters. The second-order valence-electron chi connectivity index (χ2n) is 10.1. The number of amides is 1. The first-order chi connectivity index (χ1) is 16.7. The van der Waals surface area contributed by atoms with E-state index in [0.29, 0.717) is 43.1 Å². The minimum absolute atomic E-state index is 0.00765. The molecule has 1 aliphatic heterocycles. The average Bonchev–Trinajstić information content (AvgIpc) is 3.62. The minimum Gasteiger partial charge on any atom is -0.488 e. The topological polar surface area (TPSA) is 165 Å². The van der Waals surface area contributed by atoms with Crippen molar-refractivity contribution in [2.24, 2.45) is 11.3 Å². The third-order valence-corrected chi connectivity index (χ3v) is 5.94. The molecular formula is C23H31N9O3. The number of nitrogens with zero attached hydrogens (tertiary/aromatic N) is 7. The van der Waals surface area contributed by atoms with Crippen molar-refractivity contribution in [1.29, 1.82) is 5.26 Å². The number of anilines is 2. The molecule has 2 aliphatic rings. The van der Waals surface area contributed by atoms with Gasteiger partial charge in [-0.1, -0.05) is 0 Å². The van der Waals surface area contributed by atoms with E-state index in [4.69, 9.17) is 15.2 Å². The number of carbonyl (C=O) groups is 1. The molecule has 2 aromatic rings. The van der Waals surface area contributed by atoms with Crippen LogP contribution in [0, 0.1) is 22.7 Å². The van der Waals surface area contributed by atoms with E-state index in [2.05, 4.69) is 36.3 Å². The quantitative estimate of drug-likeness (QED) is 0.564. The fraction of sp³-hybridized carbons (Fsp3) is 0.609. The van der Waals surface area contributed by atoms with Crippen LogP contribution in [0.5, 0.6) is 11.8 Å². The van der Waals surface area contributed by atoms with E-state index in [1.54, 1.807) is 6.20 Å². The predicted molar refractivity (Wildman–Crippen MR) is 127 cm³/mol. The summed E-state index contributed by atoms with van der Waals surface area (Å²) in [5.74, 6) is 1.09. The summed E-state index contributed by atoms with van der Waals surface area (Å²) in [6, 6.07) is 2.34. The lowest BCUT2D eigenvalue weighted by Crippen LogP contribution is -2.42. The van der Waals surface area contributed by atoms with Crippen molar-refractivity contribution in [3.05, 3.63) is 18.3 Å². The minimum atomic E-state index is -0.480. The molecule has 2 fully saturated rings. The Bertz CT molecular complexity index is 1100. The lowest BCUT2D eigenvalue weighted by Gasteiger charge is -2.32. The zero-order valence-electron chi connectivity index (χ0n) is 20.3. The van der Waals surface area contributed by atoms with Crippen LogP contribution in [0.2, 0.25) is 0 Å². The molecule has 0 atom stereocenters.